The Labute approximate surface area is 291 Å². The number of nitrogens with zero attached hydrogens (tertiary/aromatic N) is 1. The maximum absolute atomic E-state index is 12.5. The molecule has 0 aliphatic carbocycles. The molecule has 0 spiro atoms. The fourth-order valence-corrected chi connectivity index (χ4v) is 6.03. The molecule has 280 valence electrons. The van der Waals surface area contributed by atoms with Gasteiger partial charge < -0.3 is 52.7 Å². The van der Waals surface area contributed by atoms with E-state index in [9.17, 15) is 33.6 Å². The van der Waals surface area contributed by atoms with E-state index in [4.69, 9.17) is 47.4 Å². The predicted molar refractivity (Wildman–Crippen MR) is 165 cm³/mol. The minimum Gasteiger partial charge on any atom is -0.464 e. The van der Waals surface area contributed by atoms with Crippen LogP contribution in [0.15, 0.2) is 4.99 Å². The summed E-state index contributed by atoms with van der Waals surface area (Å²) < 4.78 is 56.2. The minimum absolute atomic E-state index is 0.208. The van der Waals surface area contributed by atoms with Gasteiger partial charge in [-0.1, -0.05) is 0 Å². The molecule has 3 saturated heterocycles. The number of carbonyl (C=O) groups is 7. The Morgan fingerprint density at radius 3 is 1.78 bits per heavy atom. The van der Waals surface area contributed by atoms with Crippen LogP contribution in [-0.4, -0.2) is 126 Å². The zero-order valence-corrected chi connectivity index (χ0v) is 29.8. The summed E-state index contributed by atoms with van der Waals surface area (Å²) in [5.74, 6) is -5.69. The highest BCUT2D eigenvalue weighted by Crippen LogP contribution is 2.40. The Balaban J connectivity index is 2.10. The summed E-state index contributed by atoms with van der Waals surface area (Å²) in [6.45, 7) is 10.3. The molecule has 50 heavy (non-hydrogen) atoms. The molecule has 20 heteroatoms. The lowest BCUT2D eigenvalue weighted by atomic mass is 9.97. The molecule has 3 aliphatic rings. The normalized spacial score (nSPS) is 30.6. The van der Waals surface area contributed by atoms with Gasteiger partial charge in [-0.05, 0) is 25.6 Å². The van der Waals surface area contributed by atoms with Crippen LogP contribution in [0.2, 0.25) is 0 Å². The number of amidine groups is 1. The third-order valence-corrected chi connectivity index (χ3v) is 7.66. The van der Waals surface area contributed by atoms with Crippen LogP contribution in [0.25, 0.3) is 0 Å². The molecule has 0 bridgehead atoms. The molecule has 0 unspecified atom stereocenters. The van der Waals surface area contributed by atoms with Gasteiger partial charge in [-0.2, -0.15) is 0 Å². The fraction of sp³-hybridized carbons (Fsp3) is 0.733. The molecule has 10 atom stereocenters. The molecule has 0 amide bonds. The zero-order valence-electron chi connectivity index (χ0n) is 29.0. The molecule has 0 radical (unpaired) electrons. The van der Waals surface area contributed by atoms with Gasteiger partial charge in [-0.3, -0.25) is 33.6 Å². The molecule has 3 rings (SSSR count). The second kappa shape index (κ2) is 17.4. The van der Waals surface area contributed by atoms with Gasteiger partial charge in [-0.25, -0.2) is 4.99 Å². The monoisotopic (exact) mass is 734 g/mol. The highest BCUT2D eigenvalue weighted by Gasteiger charge is 2.59. The first-order chi connectivity index (χ1) is 23.3. The number of hydrogen-bond donors (Lipinski definition) is 1. The summed E-state index contributed by atoms with van der Waals surface area (Å²) in [5, 5.41) is 2.26. The van der Waals surface area contributed by atoms with Crippen LogP contribution in [0.5, 0.6) is 0 Å². The van der Waals surface area contributed by atoms with Crippen molar-refractivity contribution in [2.75, 3.05) is 13.2 Å². The number of aliphatic imine (C=N–C) groups is 1. The second-order valence-corrected chi connectivity index (χ2v) is 13.0. The molecule has 3 heterocycles. The molecule has 0 aromatic rings. The number of rotatable bonds is 11. The Bertz CT molecular complexity index is 1350. The number of fused-ring (bicyclic) bond motifs is 1. The maximum atomic E-state index is 12.5. The van der Waals surface area contributed by atoms with E-state index in [-0.39, 0.29) is 5.17 Å². The summed E-state index contributed by atoms with van der Waals surface area (Å²) in [4.78, 5) is 89.4. The standard InChI is InChI=1S/C30H42N2O17S/c1-12(33)40-10-19(21-23(43-15(4)36)26-28(47-21)49-30(8,9)48-26)31-29(50-18(7)39)32-27-25(45-17(6)38)24(44-16(5)37)22(42-14(3)35)20(46-27)11-41-13(2)34/h19-28H,10-11H2,1-9H3,(H,31,32)/t19-,20+,21+,22+,23-,24-,25+,26+,27+,28+/m0/s1. The Morgan fingerprint density at radius 1 is 0.700 bits per heavy atom. The minimum atomic E-state index is -1.60. The zero-order chi connectivity index (χ0) is 37.5. The third kappa shape index (κ3) is 11.6. The van der Waals surface area contributed by atoms with Gasteiger partial charge in [-0.15, -0.1) is 0 Å². The number of thioether (sulfide) groups is 1. The van der Waals surface area contributed by atoms with Crippen molar-refractivity contribution in [2.45, 2.75) is 129 Å². The van der Waals surface area contributed by atoms with Crippen molar-refractivity contribution < 1.29 is 80.9 Å². The van der Waals surface area contributed by atoms with Crippen molar-refractivity contribution >= 4 is 57.9 Å². The number of carbonyl (C=O) groups excluding carboxylic acids is 7. The summed E-state index contributed by atoms with van der Waals surface area (Å²) in [6.07, 6.45) is -11.6. The molecular formula is C30H42N2O17S. The van der Waals surface area contributed by atoms with Gasteiger partial charge in [0, 0.05) is 48.5 Å². The SMILES string of the molecule is CC(=O)OC[C@H](NC(=N[C@@H]1O[C@H](COC(C)=O)[C@@H](OC(C)=O)[C@H](OC(C)=O)[C@H]1OC(C)=O)SC(C)=O)[C@H]1O[C@@H]2OC(C)(C)O[C@@H]2[C@H]1OC(C)=O. The summed E-state index contributed by atoms with van der Waals surface area (Å²) in [6, 6.07) is -1.10. The maximum Gasteiger partial charge on any atom is 0.303 e. The van der Waals surface area contributed by atoms with Crippen LogP contribution in [0.1, 0.15) is 62.3 Å². The van der Waals surface area contributed by atoms with Crippen LogP contribution in [0.4, 0.5) is 0 Å². The van der Waals surface area contributed by atoms with E-state index in [2.05, 4.69) is 10.3 Å². The smallest absolute Gasteiger partial charge is 0.303 e. The lowest BCUT2D eigenvalue weighted by Gasteiger charge is -2.43. The van der Waals surface area contributed by atoms with Crippen molar-refractivity contribution in [1.82, 2.24) is 5.32 Å². The molecular weight excluding hydrogens is 692 g/mol. The number of hydrogen-bond acceptors (Lipinski definition) is 19. The summed E-state index contributed by atoms with van der Waals surface area (Å²) in [5.41, 5.74) is 0. The molecule has 3 aliphatic heterocycles. The van der Waals surface area contributed by atoms with Crippen LogP contribution in [0.3, 0.4) is 0 Å². The van der Waals surface area contributed by atoms with Crippen molar-refractivity contribution in [3.05, 3.63) is 0 Å². The van der Waals surface area contributed by atoms with Gasteiger partial charge in [0.1, 0.15) is 25.4 Å². The van der Waals surface area contributed by atoms with E-state index in [0.29, 0.717) is 11.8 Å². The van der Waals surface area contributed by atoms with Gasteiger partial charge >= 0.3 is 35.8 Å². The van der Waals surface area contributed by atoms with Gasteiger partial charge in [0.05, 0.1) is 6.04 Å². The Morgan fingerprint density at radius 2 is 1.24 bits per heavy atom. The molecule has 0 aromatic heterocycles. The van der Waals surface area contributed by atoms with E-state index >= 15 is 0 Å². The molecule has 0 aromatic carbocycles. The highest BCUT2D eigenvalue weighted by molar-refractivity contribution is 8.26. The summed E-state index contributed by atoms with van der Waals surface area (Å²) in [7, 11) is 0. The largest absolute Gasteiger partial charge is 0.464 e. The second-order valence-electron chi connectivity index (χ2n) is 11.8. The lowest BCUT2D eigenvalue weighted by Crippen LogP contribution is -2.62. The topological polar surface area (TPSA) is 236 Å². The first-order valence-electron chi connectivity index (χ1n) is 15.4. The molecule has 1 N–H and O–H groups in total. The van der Waals surface area contributed by atoms with Crippen LogP contribution in [0, 0.1) is 0 Å². The van der Waals surface area contributed by atoms with Crippen molar-refractivity contribution in [2.24, 2.45) is 4.99 Å². The van der Waals surface area contributed by atoms with E-state index < -0.39 is 121 Å². The van der Waals surface area contributed by atoms with Crippen LogP contribution >= 0.6 is 11.8 Å². The molecule has 19 nitrogen and oxygen atoms in total. The van der Waals surface area contributed by atoms with Crippen molar-refractivity contribution in [3.8, 4) is 0 Å². The van der Waals surface area contributed by atoms with E-state index in [1.54, 1.807) is 13.8 Å². The van der Waals surface area contributed by atoms with E-state index in [1.807, 2.05) is 0 Å². The van der Waals surface area contributed by atoms with Gasteiger partial charge in [0.15, 0.2) is 59.1 Å². The van der Waals surface area contributed by atoms with Gasteiger partial charge in [0.2, 0.25) is 0 Å². The quantitative estimate of drug-likeness (QED) is 0.128. The first-order valence-corrected chi connectivity index (χ1v) is 16.2. The third-order valence-electron chi connectivity index (χ3n) is 6.95. The lowest BCUT2D eigenvalue weighted by molar-refractivity contribution is -0.250. The number of nitrogens with one attached hydrogen (secondary N) is 1. The van der Waals surface area contributed by atoms with Crippen LogP contribution < -0.4 is 5.32 Å². The Hall–Kier alpha value is -3.85. The van der Waals surface area contributed by atoms with E-state index in [1.165, 1.54) is 13.8 Å². The number of esters is 6. The van der Waals surface area contributed by atoms with Crippen molar-refractivity contribution in [3.63, 3.8) is 0 Å². The fourth-order valence-electron chi connectivity index (χ4n) is 5.39. The average molecular weight is 735 g/mol. The highest BCUT2D eigenvalue weighted by atomic mass is 32.2. The average Bonchev–Trinajstić information content (AvgIpc) is 3.43. The first kappa shape index (κ1) is 40.6. The molecule has 3 fully saturated rings. The Kier molecular flexibility index (Phi) is 14.1. The number of ether oxygens (including phenoxy) is 10. The summed E-state index contributed by atoms with van der Waals surface area (Å²) >= 11 is 0.553. The van der Waals surface area contributed by atoms with Gasteiger partial charge in [0.25, 0.3) is 0 Å². The predicted octanol–water partition coefficient (Wildman–Crippen LogP) is 0.0346. The molecule has 0 saturated carbocycles. The van der Waals surface area contributed by atoms with Crippen molar-refractivity contribution in [1.29, 1.82) is 0 Å². The van der Waals surface area contributed by atoms with E-state index in [0.717, 1.165) is 34.6 Å². The van der Waals surface area contributed by atoms with Crippen LogP contribution in [-0.2, 0) is 80.9 Å².